The molecule has 0 fully saturated rings. The van der Waals surface area contributed by atoms with Crippen molar-refractivity contribution in [2.24, 2.45) is 0 Å². The molecule has 104 valence electrons. The summed E-state index contributed by atoms with van der Waals surface area (Å²) in [5.74, 6) is -0.232. The minimum Gasteiger partial charge on any atom is -0.478 e. The summed E-state index contributed by atoms with van der Waals surface area (Å²) >= 11 is 0. The molecule has 0 amide bonds. The Kier molecular flexibility index (Phi) is 4.08. The van der Waals surface area contributed by atoms with E-state index < -0.39 is 5.97 Å². The van der Waals surface area contributed by atoms with Crippen molar-refractivity contribution >= 4 is 11.8 Å². The quantitative estimate of drug-likeness (QED) is 0.886. The number of carboxylic acid groups (broad SMARTS) is 1. The number of aryl methyl sites for hydroxylation is 2. The number of nitrogens with zero attached hydrogens (tertiary/aromatic N) is 2. The maximum atomic E-state index is 11.5. The molecule has 1 aliphatic carbocycles. The highest BCUT2D eigenvalue weighted by atomic mass is 16.4. The van der Waals surface area contributed by atoms with Gasteiger partial charge >= 0.3 is 5.97 Å². The molecule has 1 aliphatic rings. The molecule has 4 nitrogen and oxygen atoms in total. The van der Waals surface area contributed by atoms with Crippen LogP contribution in [0.1, 0.15) is 55.2 Å². The largest absolute Gasteiger partial charge is 0.478 e. The molecule has 1 N–H and O–H groups in total. The first-order valence-corrected chi connectivity index (χ1v) is 7.11. The summed E-state index contributed by atoms with van der Waals surface area (Å²) in [6.07, 6.45) is 3.99. The van der Waals surface area contributed by atoms with Gasteiger partial charge in [0.2, 0.25) is 0 Å². The van der Waals surface area contributed by atoms with Gasteiger partial charge in [-0.25, -0.2) is 9.78 Å². The zero-order chi connectivity index (χ0) is 14.0. The third-order valence-corrected chi connectivity index (χ3v) is 4.00. The molecule has 0 aromatic carbocycles. The standard InChI is InChI=1S/C15H22N2O2/c1-4-10(3)17(5-2)14-12(15(18)19)9-11-7-6-8-13(11)16-14/h9-10H,4-8H2,1-3H3,(H,18,19). The number of carbonyl (C=O) groups is 1. The Balaban J connectivity index is 2.50. The third-order valence-electron chi connectivity index (χ3n) is 4.00. The van der Waals surface area contributed by atoms with Crippen LogP contribution >= 0.6 is 0 Å². The second kappa shape index (κ2) is 5.59. The first kappa shape index (κ1) is 13.8. The molecule has 0 radical (unpaired) electrons. The Hall–Kier alpha value is -1.58. The van der Waals surface area contributed by atoms with Gasteiger partial charge in [0, 0.05) is 18.3 Å². The number of pyridine rings is 1. The van der Waals surface area contributed by atoms with Crippen molar-refractivity contribution < 1.29 is 9.90 Å². The zero-order valence-corrected chi connectivity index (χ0v) is 11.9. The van der Waals surface area contributed by atoms with Gasteiger partial charge in [0.15, 0.2) is 0 Å². The zero-order valence-electron chi connectivity index (χ0n) is 11.9. The van der Waals surface area contributed by atoms with Crippen LogP contribution < -0.4 is 4.90 Å². The number of hydrogen-bond acceptors (Lipinski definition) is 3. The normalized spacial score (nSPS) is 15.1. The highest BCUT2D eigenvalue weighted by molar-refractivity contribution is 5.93. The maximum Gasteiger partial charge on any atom is 0.339 e. The molecular weight excluding hydrogens is 240 g/mol. The van der Waals surface area contributed by atoms with Crippen molar-refractivity contribution in [2.75, 3.05) is 11.4 Å². The lowest BCUT2D eigenvalue weighted by Crippen LogP contribution is -2.34. The number of anilines is 1. The second-order valence-electron chi connectivity index (χ2n) is 5.17. The van der Waals surface area contributed by atoms with Crippen molar-refractivity contribution in [3.63, 3.8) is 0 Å². The van der Waals surface area contributed by atoms with E-state index in [1.807, 2.05) is 13.0 Å². The molecule has 1 aromatic heterocycles. The number of fused-ring (bicyclic) bond motifs is 1. The summed E-state index contributed by atoms with van der Waals surface area (Å²) in [4.78, 5) is 18.2. The number of carboxylic acids is 1. The predicted octanol–water partition coefficient (Wildman–Crippen LogP) is 2.89. The minimum absolute atomic E-state index is 0.301. The first-order valence-electron chi connectivity index (χ1n) is 7.11. The molecule has 19 heavy (non-hydrogen) atoms. The van der Waals surface area contributed by atoms with Crippen LogP contribution in [-0.2, 0) is 12.8 Å². The summed E-state index contributed by atoms with van der Waals surface area (Å²) < 4.78 is 0. The van der Waals surface area contributed by atoms with Crippen molar-refractivity contribution in [3.05, 3.63) is 22.9 Å². The Morgan fingerprint density at radius 1 is 1.47 bits per heavy atom. The van der Waals surface area contributed by atoms with Gasteiger partial charge in [0.25, 0.3) is 0 Å². The molecule has 1 aromatic rings. The number of aromatic nitrogens is 1. The van der Waals surface area contributed by atoms with Gasteiger partial charge in [0.05, 0.1) is 0 Å². The van der Waals surface area contributed by atoms with Crippen molar-refractivity contribution in [1.29, 1.82) is 0 Å². The lowest BCUT2D eigenvalue weighted by Gasteiger charge is -2.30. The average molecular weight is 262 g/mol. The van der Waals surface area contributed by atoms with Gasteiger partial charge in [-0.05, 0) is 51.2 Å². The number of hydrogen-bond donors (Lipinski definition) is 1. The Bertz CT molecular complexity index is 485. The van der Waals surface area contributed by atoms with Crippen LogP contribution in [-0.4, -0.2) is 28.6 Å². The van der Waals surface area contributed by atoms with E-state index in [-0.39, 0.29) is 0 Å². The average Bonchev–Trinajstić information content (AvgIpc) is 2.85. The molecule has 0 spiro atoms. The van der Waals surface area contributed by atoms with Gasteiger partial charge in [-0.2, -0.15) is 0 Å². The van der Waals surface area contributed by atoms with Gasteiger partial charge in [0.1, 0.15) is 11.4 Å². The monoisotopic (exact) mass is 262 g/mol. The molecule has 1 unspecified atom stereocenters. The van der Waals surface area contributed by atoms with Crippen LogP contribution in [0, 0.1) is 0 Å². The molecule has 0 bridgehead atoms. The van der Waals surface area contributed by atoms with Crippen molar-refractivity contribution in [2.45, 2.75) is 52.5 Å². The van der Waals surface area contributed by atoms with Crippen LogP contribution in [0.4, 0.5) is 5.82 Å². The van der Waals surface area contributed by atoms with E-state index in [1.54, 1.807) is 0 Å². The van der Waals surface area contributed by atoms with Crippen LogP contribution in [0.25, 0.3) is 0 Å². The van der Waals surface area contributed by atoms with Gasteiger partial charge in [-0.1, -0.05) is 6.92 Å². The molecule has 1 heterocycles. The van der Waals surface area contributed by atoms with Gasteiger partial charge < -0.3 is 10.0 Å². The van der Waals surface area contributed by atoms with E-state index in [1.165, 1.54) is 0 Å². The van der Waals surface area contributed by atoms with Crippen molar-refractivity contribution in [1.82, 2.24) is 4.98 Å². The lowest BCUT2D eigenvalue weighted by atomic mass is 10.1. The maximum absolute atomic E-state index is 11.5. The molecule has 2 rings (SSSR count). The summed E-state index contributed by atoms with van der Waals surface area (Å²) in [7, 11) is 0. The smallest absolute Gasteiger partial charge is 0.339 e. The molecule has 0 aliphatic heterocycles. The third kappa shape index (κ3) is 2.57. The second-order valence-corrected chi connectivity index (χ2v) is 5.17. The first-order chi connectivity index (χ1) is 9.08. The van der Waals surface area contributed by atoms with E-state index >= 15 is 0 Å². The molecule has 1 atom stereocenters. The fourth-order valence-electron chi connectivity index (χ4n) is 2.73. The Morgan fingerprint density at radius 3 is 2.79 bits per heavy atom. The molecule has 0 saturated carbocycles. The van der Waals surface area contributed by atoms with E-state index in [2.05, 4.69) is 23.7 Å². The fraction of sp³-hybridized carbons (Fsp3) is 0.600. The van der Waals surface area contributed by atoms with Gasteiger partial charge in [-0.3, -0.25) is 0 Å². The Labute approximate surface area is 114 Å². The van der Waals surface area contributed by atoms with Crippen molar-refractivity contribution in [3.8, 4) is 0 Å². The summed E-state index contributed by atoms with van der Waals surface area (Å²) in [6, 6.07) is 2.13. The number of aromatic carboxylic acids is 1. The highest BCUT2D eigenvalue weighted by Crippen LogP contribution is 2.28. The van der Waals surface area contributed by atoms with Crippen LogP contribution in [0.15, 0.2) is 6.07 Å². The minimum atomic E-state index is -0.876. The van der Waals surface area contributed by atoms with Crippen LogP contribution in [0.3, 0.4) is 0 Å². The molecular formula is C15H22N2O2. The van der Waals surface area contributed by atoms with Crippen LogP contribution in [0.2, 0.25) is 0 Å². The SMILES string of the molecule is CCC(C)N(CC)c1nc2c(cc1C(=O)O)CCC2. The summed E-state index contributed by atoms with van der Waals surface area (Å²) in [5.41, 5.74) is 2.55. The van der Waals surface area contributed by atoms with E-state index in [0.717, 1.165) is 43.5 Å². The summed E-state index contributed by atoms with van der Waals surface area (Å²) in [5, 5.41) is 9.43. The Morgan fingerprint density at radius 2 is 2.21 bits per heavy atom. The number of rotatable bonds is 5. The fourth-order valence-corrected chi connectivity index (χ4v) is 2.73. The van der Waals surface area contributed by atoms with E-state index in [9.17, 15) is 9.90 Å². The predicted molar refractivity (Wildman–Crippen MR) is 76.0 cm³/mol. The van der Waals surface area contributed by atoms with E-state index in [4.69, 9.17) is 0 Å². The molecule has 4 heteroatoms. The topological polar surface area (TPSA) is 53.4 Å². The van der Waals surface area contributed by atoms with Crippen LogP contribution in [0.5, 0.6) is 0 Å². The lowest BCUT2D eigenvalue weighted by molar-refractivity contribution is 0.0697. The van der Waals surface area contributed by atoms with Gasteiger partial charge in [-0.15, -0.1) is 0 Å². The highest BCUT2D eigenvalue weighted by Gasteiger charge is 2.24. The van der Waals surface area contributed by atoms with E-state index in [0.29, 0.717) is 17.4 Å². The molecule has 0 saturated heterocycles. The summed E-state index contributed by atoms with van der Waals surface area (Å²) in [6.45, 7) is 7.05.